The van der Waals surface area contributed by atoms with Gasteiger partial charge in [-0.3, -0.25) is 4.68 Å². The highest BCUT2D eigenvalue weighted by atomic mass is 19.1. The van der Waals surface area contributed by atoms with Gasteiger partial charge in [-0.25, -0.2) is 14.4 Å². The summed E-state index contributed by atoms with van der Waals surface area (Å²) in [4.78, 5) is 7.51. The van der Waals surface area contributed by atoms with Gasteiger partial charge >= 0.3 is 0 Å². The number of nitrogens with zero attached hydrogens (tertiary/aromatic N) is 5. The van der Waals surface area contributed by atoms with Gasteiger partial charge in [0.2, 0.25) is 5.95 Å². The molecule has 0 fully saturated rings. The first kappa shape index (κ1) is 9.50. The molecule has 2 aromatic rings. The monoisotopic (exact) mass is 208 g/mol. The lowest BCUT2D eigenvalue weighted by Crippen LogP contribution is -2.12. The lowest BCUT2D eigenvalue weighted by atomic mass is 10.6. The van der Waals surface area contributed by atoms with Crippen LogP contribution >= 0.6 is 0 Å². The van der Waals surface area contributed by atoms with Crippen LogP contribution in [0.1, 0.15) is 0 Å². The van der Waals surface area contributed by atoms with Crippen molar-refractivity contribution in [3.05, 3.63) is 30.6 Å². The van der Waals surface area contributed by atoms with Crippen molar-refractivity contribution in [1.29, 1.82) is 0 Å². The smallest absolute Gasteiger partial charge is 0.222 e. The number of halogens is 1. The van der Waals surface area contributed by atoms with Gasteiger partial charge in [0.05, 0.1) is 25.1 Å². The predicted molar refractivity (Wildman–Crippen MR) is 50.5 cm³/mol. The number of aromatic nitrogens is 5. The minimum absolute atomic E-state index is 0.400. The van der Waals surface area contributed by atoms with E-state index in [2.05, 4.69) is 25.6 Å². The molecule has 0 radical (unpaired) electrons. The summed E-state index contributed by atoms with van der Waals surface area (Å²) in [5.41, 5.74) is 0. The van der Waals surface area contributed by atoms with Crippen LogP contribution in [0.25, 0.3) is 0 Å². The van der Waals surface area contributed by atoms with Gasteiger partial charge in [0.25, 0.3) is 0 Å². The Hall–Kier alpha value is -2.05. The molecule has 2 aromatic heterocycles. The van der Waals surface area contributed by atoms with Gasteiger partial charge in [-0.2, -0.15) is 0 Å². The van der Waals surface area contributed by atoms with E-state index in [4.69, 9.17) is 0 Å². The van der Waals surface area contributed by atoms with Gasteiger partial charge < -0.3 is 5.32 Å². The highest BCUT2D eigenvalue weighted by Crippen LogP contribution is 1.97. The third kappa shape index (κ3) is 2.70. The number of rotatable bonds is 4. The van der Waals surface area contributed by atoms with Gasteiger partial charge in [0.15, 0.2) is 5.82 Å². The summed E-state index contributed by atoms with van der Waals surface area (Å²) in [6.45, 7) is 1.26. The molecule has 0 spiro atoms. The Labute approximate surface area is 85.2 Å². The molecule has 0 aromatic carbocycles. The van der Waals surface area contributed by atoms with E-state index in [0.29, 0.717) is 19.0 Å². The topological polar surface area (TPSA) is 68.5 Å². The highest BCUT2D eigenvalue weighted by molar-refractivity contribution is 5.21. The molecule has 6 nitrogen and oxygen atoms in total. The molecule has 2 rings (SSSR count). The second-order valence-corrected chi connectivity index (χ2v) is 2.82. The molecule has 0 aliphatic carbocycles. The van der Waals surface area contributed by atoms with Crippen molar-refractivity contribution in [2.24, 2.45) is 0 Å². The molecule has 0 aliphatic rings. The fraction of sp³-hybridized carbons (Fsp3) is 0.250. The van der Waals surface area contributed by atoms with E-state index in [1.54, 1.807) is 17.1 Å². The maximum atomic E-state index is 12.5. The number of anilines is 1. The summed E-state index contributed by atoms with van der Waals surface area (Å²) >= 11 is 0. The van der Waals surface area contributed by atoms with Gasteiger partial charge in [0, 0.05) is 12.7 Å². The van der Waals surface area contributed by atoms with Crippen molar-refractivity contribution in [2.75, 3.05) is 11.9 Å². The summed E-state index contributed by atoms with van der Waals surface area (Å²) in [7, 11) is 0. The van der Waals surface area contributed by atoms with Gasteiger partial charge in [-0.05, 0) is 0 Å². The summed E-state index contributed by atoms with van der Waals surface area (Å²) in [6.07, 6.45) is 5.59. The number of nitrogens with one attached hydrogen (secondary N) is 1. The quantitative estimate of drug-likeness (QED) is 0.783. The van der Waals surface area contributed by atoms with E-state index in [1.807, 2.05) is 0 Å². The zero-order chi connectivity index (χ0) is 10.5. The Morgan fingerprint density at radius 3 is 2.80 bits per heavy atom. The average Bonchev–Trinajstić information content (AvgIpc) is 2.74. The second kappa shape index (κ2) is 4.45. The van der Waals surface area contributed by atoms with E-state index in [9.17, 15) is 4.39 Å². The fourth-order valence-electron chi connectivity index (χ4n) is 1.04. The normalized spacial score (nSPS) is 10.2. The van der Waals surface area contributed by atoms with Gasteiger partial charge in [0.1, 0.15) is 0 Å². The van der Waals surface area contributed by atoms with Crippen LogP contribution in [-0.2, 0) is 6.54 Å². The number of hydrogen-bond donors (Lipinski definition) is 1. The van der Waals surface area contributed by atoms with Crippen LogP contribution in [0.3, 0.4) is 0 Å². The first-order valence-electron chi connectivity index (χ1n) is 4.40. The van der Waals surface area contributed by atoms with Gasteiger partial charge in [-0.15, -0.1) is 5.10 Å². The molecule has 0 aliphatic heterocycles. The van der Waals surface area contributed by atoms with Crippen LogP contribution in [-0.4, -0.2) is 31.5 Å². The molecule has 0 bridgehead atoms. The minimum Gasteiger partial charge on any atom is -0.352 e. The maximum Gasteiger partial charge on any atom is 0.222 e. The number of hydrogen-bond acceptors (Lipinski definition) is 5. The third-order valence-corrected chi connectivity index (χ3v) is 1.72. The van der Waals surface area contributed by atoms with Crippen LogP contribution in [0.4, 0.5) is 10.3 Å². The Morgan fingerprint density at radius 2 is 2.13 bits per heavy atom. The van der Waals surface area contributed by atoms with Crippen molar-refractivity contribution in [2.45, 2.75) is 6.54 Å². The van der Waals surface area contributed by atoms with Crippen LogP contribution in [0.5, 0.6) is 0 Å². The first-order valence-corrected chi connectivity index (χ1v) is 4.40. The van der Waals surface area contributed by atoms with E-state index < -0.39 is 5.82 Å². The highest BCUT2D eigenvalue weighted by Gasteiger charge is 1.96. The SMILES string of the molecule is Fc1cnc(NCCn2ccnn2)nc1. The van der Waals surface area contributed by atoms with E-state index in [0.717, 1.165) is 12.4 Å². The summed E-state index contributed by atoms with van der Waals surface area (Å²) in [5, 5.41) is 10.4. The van der Waals surface area contributed by atoms with Crippen LogP contribution in [0.15, 0.2) is 24.8 Å². The lowest BCUT2D eigenvalue weighted by Gasteiger charge is -2.03. The Morgan fingerprint density at radius 1 is 1.33 bits per heavy atom. The molecular weight excluding hydrogens is 199 g/mol. The molecule has 7 heteroatoms. The van der Waals surface area contributed by atoms with Crippen molar-refractivity contribution < 1.29 is 4.39 Å². The van der Waals surface area contributed by atoms with Crippen LogP contribution < -0.4 is 5.32 Å². The fourth-order valence-corrected chi connectivity index (χ4v) is 1.04. The Bertz CT molecular complexity index is 398. The molecule has 2 heterocycles. The van der Waals surface area contributed by atoms with Crippen molar-refractivity contribution >= 4 is 5.95 Å². The van der Waals surface area contributed by atoms with E-state index in [-0.39, 0.29) is 0 Å². The third-order valence-electron chi connectivity index (χ3n) is 1.72. The summed E-state index contributed by atoms with van der Waals surface area (Å²) in [6, 6.07) is 0. The molecule has 0 atom stereocenters. The Kier molecular flexibility index (Phi) is 2.82. The Balaban J connectivity index is 1.81. The zero-order valence-electron chi connectivity index (χ0n) is 7.84. The van der Waals surface area contributed by atoms with Crippen molar-refractivity contribution in [1.82, 2.24) is 25.0 Å². The molecule has 1 N–H and O–H groups in total. The molecule has 0 saturated carbocycles. The minimum atomic E-state index is -0.447. The second-order valence-electron chi connectivity index (χ2n) is 2.82. The van der Waals surface area contributed by atoms with E-state index in [1.165, 1.54) is 0 Å². The molecule has 78 valence electrons. The standard InChI is InChI=1S/C8H9FN6/c9-7-5-11-8(12-6-7)10-1-3-15-4-2-13-14-15/h2,4-6H,1,3H2,(H,10,11,12). The first-order chi connectivity index (χ1) is 7.34. The van der Waals surface area contributed by atoms with Gasteiger partial charge in [-0.1, -0.05) is 5.21 Å². The molecular formula is C8H9FN6. The predicted octanol–water partition coefficient (Wildman–Crippen LogP) is 0.319. The largest absolute Gasteiger partial charge is 0.352 e. The average molecular weight is 208 g/mol. The van der Waals surface area contributed by atoms with Crippen LogP contribution in [0.2, 0.25) is 0 Å². The van der Waals surface area contributed by atoms with Crippen LogP contribution in [0, 0.1) is 5.82 Å². The molecule has 0 unspecified atom stereocenters. The molecule has 15 heavy (non-hydrogen) atoms. The molecule has 0 saturated heterocycles. The molecule has 0 amide bonds. The maximum absolute atomic E-state index is 12.5. The zero-order valence-corrected chi connectivity index (χ0v) is 7.84. The van der Waals surface area contributed by atoms with Crippen molar-refractivity contribution in [3.63, 3.8) is 0 Å². The summed E-state index contributed by atoms with van der Waals surface area (Å²) in [5.74, 6) is -0.0478. The van der Waals surface area contributed by atoms with Crippen molar-refractivity contribution in [3.8, 4) is 0 Å². The lowest BCUT2D eigenvalue weighted by molar-refractivity contribution is 0.603. The summed E-state index contributed by atoms with van der Waals surface area (Å²) < 4.78 is 14.1. The van der Waals surface area contributed by atoms with E-state index >= 15 is 0 Å².